The first kappa shape index (κ1) is 25.9. The van der Waals surface area contributed by atoms with Gasteiger partial charge in [0.05, 0.1) is 5.75 Å². The van der Waals surface area contributed by atoms with Gasteiger partial charge in [0.2, 0.25) is 0 Å². The van der Waals surface area contributed by atoms with Gasteiger partial charge in [0.1, 0.15) is 0 Å². The highest BCUT2D eigenvalue weighted by atomic mass is 32.2. The van der Waals surface area contributed by atoms with Crippen LogP contribution in [0.15, 0.2) is 0 Å². The van der Waals surface area contributed by atoms with Gasteiger partial charge in [0.25, 0.3) is 10.1 Å². The Labute approximate surface area is 163 Å². The SMILES string of the molecule is CCCS(=O)(=O)ONCCCCCCCCCCCCCCCC(C)C. The smallest absolute Gasteiger partial charge is 0.198 e. The van der Waals surface area contributed by atoms with Crippen LogP contribution >= 0.6 is 0 Å². The van der Waals surface area contributed by atoms with Crippen molar-refractivity contribution in [2.45, 2.75) is 117 Å². The Morgan fingerprint density at radius 3 is 1.58 bits per heavy atom. The second-order valence-corrected chi connectivity index (χ2v) is 9.71. The monoisotopic (exact) mass is 391 g/mol. The molecule has 5 heteroatoms. The highest BCUT2D eigenvalue weighted by Crippen LogP contribution is 2.14. The molecule has 0 fully saturated rings. The zero-order chi connectivity index (χ0) is 19.5. The van der Waals surface area contributed by atoms with Gasteiger partial charge in [-0.15, -0.1) is 0 Å². The van der Waals surface area contributed by atoms with Gasteiger partial charge in [-0.05, 0) is 18.8 Å². The molecule has 0 bridgehead atoms. The van der Waals surface area contributed by atoms with Crippen molar-refractivity contribution in [3.63, 3.8) is 0 Å². The summed E-state index contributed by atoms with van der Waals surface area (Å²) in [4.78, 5) is 0. The summed E-state index contributed by atoms with van der Waals surface area (Å²) in [6, 6.07) is 0. The lowest BCUT2D eigenvalue weighted by Crippen LogP contribution is -2.23. The third-order valence-corrected chi connectivity index (χ3v) is 5.98. The quantitative estimate of drug-likeness (QED) is 0.194. The highest BCUT2D eigenvalue weighted by Gasteiger charge is 2.08. The van der Waals surface area contributed by atoms with Crippen LogP contribution in [-0.4, -0.2) is 20.7 Å². The second kappa shape index (κ2) is 18.2. The summed E-state index contributed by atoms with van der Waals surface area (Å²) in [5, 5.41) is 0. The molecule has 0 atom stereocenters. The van der Waals surface area contributed by atoms with E-state index < -0.39 is 10.1 Å². The molecule has 4 nitrogen and oxygen atoms in total. The standard InChI is InChI=1S/C21H45NO3S/c1-4-20-26(23,24)25-22-19-17-15-13-11-9-7-5-6-8-10-12-14-16-18-21(2)3/h21-22H,4-20H2,1-3H3. The number of hydrogen-bond donors (Lipinski definition) is 1. The molecule has 0 saturated carbocycles. The van der Waals surface area contributed by atoms with Crippen molar-refractivity contribution in [1.29, 1.82) is 0 Å². The summed E-state index contributed by atoms with van der Waals surface area (Å²) in [6.07, 6.45) is 19.2. The van der Waals surface area contributed by atoms with Gasteiger partial charge in [-0.25, -0.2) is 0 Å². The van der Waals surface area contributed by atoms with Gasteiger partial charge in [-0.2, -0.15) is 18.2 Å². The van der Waals surface area contributed by atoms with Crippen LogP contribution in [0, 0.1) is 5.92 Å². The molecule has 0 saturated heterocycles. The van der Waals surface area contributed by atoms with Crippen LogP contribution in [0.5, 0.6) is 0 Å². The van der Waals surface area contributed by atoms with E-state index in [1.807, 2.05) is 6.92 Å². The minimum absolute atomic E-state index is 0.0815. The molecule has 0 amide bonds. The molecule has 0 rings (SSSR count). The molecule has 26 heavy (non-hydrogen) atoms. The Hall–Kier alpha value is -0.130. The van der Waals surface area contributed by atoms with E-state index in [1.165, 1.54) is 77.0 Å². The first-order valence-corrected chi connectivity index (χ1v) is 12.7. The maximum absolute atomic E-state index is 11.3. The summed E-state index contributed by atoms with van der Waals surface area (Å²) in [5.74, 6) is 0.944. The number of rotatable bonds is 20. The minimum atomic E-state index is -3.37. The molecular weight excluding hydrogens is 346 g/mol. The van der Waals surface area contributed by atoms with Crippen molar-refractivity contribution < 1.29 is 12.7 Å². The normalized spacial score (nSPS) is 12.2. The van der Waals surface area contributed by atoms with Crippen molar-refractivity contribution in [1.82, 2.24) is 5.48 Å². The molecule has 0 aromatic heterocycles. The molecule has 0 aliphatic rings. The van der Waals surface area contributed by atoms with Gasteiger partial charge < -0.3 is 0 Å². The predicted molar refractivity (Wildman–Crippen MR) is 113 cm³/mol. The van der Waals surface area contributed by atoms with E-state index in [1.54, 1.807) is 0 Å². The molecule has 0 aliphatic heterocycles. The first-order chi connectivity index (χ1) is 12.5. The zero-order valence-electron chi connectivity index (χ0n) is 17.7. The fourth-order valence-electron chi connectivity index (χ4n) is 3.12. The lowest BCUT2D eigenvalue weighted by Gasteiger charge is -2.06. The third kappa shape index (κ3) is 20.2. The van der Waals surface area contributed by atoms with Crippen LogP contribution in [0.4, 0.5) is 0 Å². The van der Waals surface area contributed by atoms with E-state index >= 15 is 0 Å². The van der Waals surface area contributed by atoms with Crippen LogP contribution in [-0.2, 0) is 14.4 Å². The summed E-state index contributed by atoms with van der Waals surface area (Å²) in [5.41, 5.74) is 2.57. The van der Waals surface area contributed by atoms with E-state index in [9.17, 15) is 8.42 Å². The van der Waals surface area contributed by atoms with Crippen LogP contribution in [0.25, 0.3) is 0 Å². The largest absolute Gasteiger partial charge is 0.283 e. The fraction of sp³-hybridized carbons (Fsp3) is 1.00. The van der Waals surface area contributed by atoms with Crippen molar-refractivity contribution in [3.8, 4) is 0 Å². The number of hydroxylamine groups is 1. The summed E-state index contributed by atoms with van der Waals surface area (Å²) >= 11 is 0. The van der Waals surface area contributed by atoms with Crippen LogP contribution in [0.2, 0.25) is 0 Å². The van der Waals surface area contributed by atoms with Gasteiger partial charge in [0, 0.05) is 6.54 Å². The molecule has 0 heterocycles. The average molecular weight is 392 g/mol. The van der Waals surface area contributed by atoms with Crippen molar-refractivity contribution in [3.05, 3.63) is 0 Å². The second-order valence-electron chi connectivity index (χ2n) is 8.02. The van der Waals surface area contributed by atoms with E-state index in [-0.39, 0.29) is 5.75 Å². The van der Waals surface area contributed by atoms with Gasteiger partial charge in [0.15, 0.2) is 0 Å². The van der Waals surface area contributed by atoms with Crippen molar-refractivity contribution >= 4 is 10.1 Å². The number of unbranched alkanes of at least 4 members (excludes halogenated alkanes) is 12. The minimum Gasteiger partial charge on any atom is -0.198 e. The molecular formula is C21H45NO3S. The molecule has 0 aromatic rings. The Morgan fingerprint density at radius 1 is 0.731 bits per heavy atom. The van der Waals surface area contributed by atoms with Crippen LogP contribution < -0.4 is 5.48 Å². The zero-order valence-corrected chi connectivity index (χ0v) is 18.5. The fourth-order valence-corrected chi connectivity index (χ4v) is 3.96. The van der Waals surface area contributed by atoms with Crippen molar-refractivity contribution in [2.75, 3.05) is 12.3 Å². The lowest BCUT2D eigenvalue weighted by molar-refractivity contribution is 0.201. The van der Waals surface area contributed by atoms with E-state index in [4.69, 9.17) is 4.28 Å². The highest BCUT2D eigenvalue weighted by molar-refractivity contribution is 7.86. The first-order valence-electron chi connectivity index (χ1n) is 11.1. The maximum Gasteiger partial charge on any atom is 0.283 e. The van der Waals surface area contributed by atoms with E-state index in [0.29, 0.717) is 13.0 Å². The topological polar surface area (TPSA) is 55.4 Å². The Bertz CT molecular complexity index is 383. The maximum atomic E-state index is 11.3. The van der Waals surface area contributed by atoms with Crippen LogP contribution in [0.1, 0.15) is 117 Å². The summed E-state index contributed by atoms with van der Waals surface area (Å²) < 4.78 is 27.4. The van der Waals surface area contributed by atoms with E-state index in [2.05, 4.69) is 19.3 Å². The average Bonchev–Trinajstić information content (AvgIpc) is 2.57. The van der Waals surface area contributed by atoms with Gasteiger partial charge in [-0.3, -0.25) is 0 Å². The molecule has 0 aromatic carbocycles. The van der Waals surface area contributed by atoms with Gasteiger partial charge >= 0.3 is 0 Å². The molecule has 0 unspecified atom stereocenters. The van der Waals surface area contributed by atoms with Gasteiger partial charge in [-0.1, -0.05) is 104 Å². The third-order valence-electron chi connectivity index (χ3n) is 4.70. The molecule has 158 valence electrons. The molecule has 0 aliphatic carbocycles. The Morgan fingerprint density at radius 2 is 1.15 bits per heavy atom. The Balaban J connectivity index is 3.14. The van der Waals surface area contributed by atoms with Crippen LogP contribution in [0.3, 0.4) is 0 Å². The summed E-state index contributed by atoms with van der Waals surface area (Å²) in [7, 11) is -3.37. The molecule has 0 radical (unpaired) electrons. The lowest BCUT2D eigenvalue weighted by atomic mass is 10.0. The number of nitrogens with one attached hydrogen (secondary N) is 1. The molecule has 1 N–H and O–H groups in total. The summed E-state index contributed by atoms with van der Waals surface area (Å²) in [6.45, 7) is 7.06. The predicted octanol–water partition coefficient (Wildman–Crippen LogP) is 6.36. The van der Waals surface area contributed by atoms with Crippen molar-refractivity contribution in [2.24, 2.45) is 5.92 Å². The van der Waals surface area contributed by atoms with E-state index in [0.717, 1.165) is 18.8 Å². The Kier molecular flexibility index (Phi) is 18.2. The number of hydrogen-bond acceptors (Lipinski definition) is 4. The molecule has 0 spiro atoms.